The predicted octanol–water partition coefficient (Wildman–Crippen LogP) is 4.76. The Hall–Kier alpha value is -2.53. The topological polar surface area (TPSA) is 70.2 Å². The van der Waals surface area contributed by atoms with E-state index in [4.69, 9.17) is 11.6 Å². The molecule has 0 bridgehead atoms. The lowest BCUT2D eigenvalue weighted by Gasteiger charge is -2.22. The second-order valence-corrected chi connectivity index (χ2v) is 7.61. The number of halogens is 1. The highest BCUT2D eigenvalue weighted by Crippen LogP contribution is 2.23. The first kappa shape index (κ1) is 20.2. The van der Waals surface area contributed by atoms with Crippen LogP contribution in [0.3, 0.4) is 0 Å². The summed E-state index contributed by atoms with van der Waals surface area (Å²) in [6.07, 6.45) is 5.76. The van der Waals surface area contributed by atoms with E-state index in [1.165, 1.54) is 19.3 Å². The predicted molar refractivity (Wildman–Crippen MR) is 114 cm³/mol. The van der Waals surface area contributed by atoms with Crippen LogP contribution in [0.15, 0.2) is 42.5 Å². The molecule has 0 heterocycles. The maximum absolute atomic E-state index is 12.3. The second kappa shape index (κ2) is 9.60. The fraction of sp³-hybridized carbons (Fsp3) is 0.364. The minimum Gasteiger partial charge on any atom is -0.376 e. The molecule has 6 heteroatoms. The van der Waals surface area contributed by atoms with Crippen LogP contribution in [-0.4, -0.2) is 24.4 Å². The van der Waals surface area contributed by atoms with Crippen molar-refractivity contribution in [1.82, 2.24) is 5.32 Å². The molecule has 148 valence electrons. The zero-order chi connectivity index (χ0) is 19.9. The van der Waals surface area contributed by atoms with E-state index in [2.05, 4.69) is 16.0 Å². The SMILES string of the molecule is Cc1c(Cl)cccc1NC(=O)CNc1ccc(C(=O)NC2CCCCC2)cc1. The summed E-state index contributed by atoms with van der Waals surface area (Å²) in [7, 11) is 0. The Morgan fingerprint density at radius 2 is 1.75 bits per heavy atom. The highest BCUT2D eigenvalue weighted by molar-refractivity contribution is 6.31. The van der Waals surface area contributed by atoms with Gasteiger partial charge in [-0.25, -0.2) is 0 Å². The van der Waals surface area contributed by atoms with Crippen molar-refractivity contribution in [1.29, 1.82) is 0 Å². The Balaban J connectivity index is 1.49. The maximum Gasteiger partial charge on any atom is 0.251 e. The van der Waals surface area contributed by atoms with Crippen LogP contribution in [0, 0.1) is 6.92 Å². The van der Waals surface area contributed by atoms with E-state index >= 15 is 0 Å². The maximum atomic E-state index is 12.3. The summed E-state index contributed by atoms with van der Waals surface area (Å²) in [5.74, 6) is -0.197. The van der Waals surface area contributed by atoms with Crippen molar-refractivity contribution in [3.05, 3.63) is 58.6 Å². The summed E-state index contributed by atoms with van der Waals surface area (Å²) in [5.41, 5.74) is 2.96. The summed E-state index contributed by atoms with van der Waals surface area (Å²) >= 11 is 6.07. The highest BCUT2D eigenvalue weighted by atomic mass is 35.5. The minimum absolute atomic E-state index is 0.0346. The summed E-state index contributed by atoms with van der Waals surface area (Å²) in [4.78, 5) is 24.5. The van der Waals surface area contributed by atoms with Gasteiger partial charge in [0.15, 0.2) is 0 Å². The van der Waals surface area contributed by atoms with Gasteiger partial charge in [-0.15, -0.1) is 0 Å². The average Bonchev–Trinajstić information content (AvgIpc) is 2.71. The lowest BCUT2D eigenvalue weighted by atomic mass is 9.95. The van der Waals surface area contributed by atoms with E-state index in [-0.39, 0.29) is 24.4 Å². The van der Waals surface area contributed by atoms with Crippen molar-refractivity contribution >= 4 is 34.8 Å². The molecule has 5 nitrogen and oxygen atoms in total. The van der Waals surface area contributed by atoms with E-state index in [0.29, 0.717) is 16.3 Å². The number of carbonyl (C=O) groups is 2. The Labute approximate surface area is 170 Å². The number of nitrogens with one attached hydrogen (secondary N) is 3. The standard InChI is InChI=1S/C22H26ClN3O2/c1-15-19(23)8-5-9-20(15)26-21(27)14-24-17-12-10-16(11-13-17)22(28)25-18-6-3-2-4-7-18/h5,8-13,18,24H,2-4,6-7,14H2,1H3,(H,25,28)(H,26,27). The molecule has 0 atom stereocenters. The summed E-state index contributed by atoms with van der Waals surface area (Å²) in [6.45, 7) is 1.99. The number of anilines is 2. The number of hydrogen-bond acceptors (Lipinski definition) is 3. The van der Waals surface area contributed by atoms with Gasteiger partial charge in [0.1, 0.15) is 0 Å². The zero-order valence-electron chi connectivity index (χ0n) is 16.1. The normalized spacial score (nSPS) is 14.4. The summed E-state index contributed by atoms with van der Waals surface area (Å²) < 4.78 is 0. The van der Waals surface area contributed by atoms with Gasteiger partial charge in [-0.2, -0.15) is 0 Å². The lowest BCUT2D eigenvalue weighted by molar-refractivity contribution is -0.114. The molecule has 0 radical (unpaired) electrons. The van der Waals surface area contributed by atoms with Gasteiger partial charge in [-0.3, -0.25) is 9.59 Å². The van der Waals surface area contributed by atoms with Crippen molar-refractivity contribution in [2.24, 2.45) is 0 Å². The third-order valence-corrected chi connectivity index (χ3v) is 5.49. The van der Waals surface area contributed by atoms with Crippen LogP contribution in [0.5, 0.6) is 0 Å². The number of hydrogen-bond donors (Lipinski definition) is 3. The Bertz CT molecular complexity index is 830. The van der Waals surface area contributed by atoms with Gasteiger partial charge in [-0.05, 0) is 61.7 Å². The molecule has 0 aliphatic heterocycles. The van der Waals surface area contributed by atoms with Gasteiger partial charge < -0.3 is 16.0 Å². The van der Waals surface area contributed by atoms with E-state index < -0.39 is 0 Å². The monoisotopic (exact) mass is 399 g/mol. The fourth-order valence-electron chi connectivity index (χ4n) is 3.37. The minimum atomic E-state index is -0.163. The van der Waals surface area contributed by atoms with Gasteiger partial charge in [0, 0.05) is 28.0 Å². The van der Waals surface area contributed by atoms with Crippen molar-refractivity contribution in [2.45, 2.75) is 45.1 Å². The molecule has 3 N–H and O–H groups in total. The third-order valence-electron chi connectivity index (χ3n) is 5.08. The first-order valence-electron chi connectivity index (χ1n) is 9.72. The molecule has 3 rings (SSSR count). The second-order valence-electron chi connectivity index (χ2n) is 7.20. The molecule has 2 aromatic rings. The van der Waals surface area contributed by atoms with Crippen molar-refractivity contribution in [3.8, 4) is 0 Å². The van der Waals surface area contributed by atoms with E-state index in [1.54, 1.807) is 24.3 Å². The van der Waals surface area contributed by atoms with E-state index in [1.807, 2.05) is 25.1 Å². The van der Waals surface area contributed by atoms with E-state index in [0.717, 1.165) is 24.1 Å². The Morgan fingerprint density at radius 1 is 1.04 bits per heavy atom. The first-order valence-corrected chi connectivity index (χ1v) is 10.1. The number of benzene rings is 2. The smallest absolute Gasteiger partial charge is 0.251 e. The number of amides is 2. The molecule has 0 aromatic heterocycles. The van der Waals surface area contributed by atoms with Crippen LogP contribution in [0.2, 0.25) is 5.02 Å². The molecule has 28 heavy (non-hydrogen) atoms. The van der Waals surface area contributed by atoms with Crippen LogP contribution in [0.4, 0.5) is 11.4 Å². The van der Waals surface area contributed by atoms with Crippen molar-refractivity contribution in [2.75, 3.05) is 17.2 Å². The molecular weight excluding hydrogens is 374 g/mol. The zero-order valence-corrected chi connectivity index (χ0v) is 16.8. The number of carbonyl (C=O) groups excluding carboxylic acids is 2. The molecule has 2 aromatic carbocycles. The van der Waals surface area contributed by atoms with Crippen molar-refractivity contribution < 1.29 is 9.59 Å². The van der Waals surface area contributed by atoms with Crippen LogP contribution >= 0.6 is 11.6 Å². The van der Waals surface area contributed by atoms with Crippen LogP contribution < -0.4 is 16.0 Å². The molecule has 1 fully saturated rings. The largest absolute Gasteiger partial charge is 0.376 e. The lowest BCUT2D eigenvalue weighted by Crippen LogP contribution is -2.36. The van der Waals surface area contributed by atoms with Gasteiger partial charge in [0.25, 0.3) is 5.91 Å². The van der Waals surface area contributed by atoms with Crippen LogP contribution in [0.25, 0.3) is 0 Å². The van der Waals surface area contributed by atoms with Crippen LogP contribution in [-0.2, 0) is 4.79 Å². The van der Waals surface area contributed by atoms with Crippen molar-refractivity contribution in [3.63, 3.8) is 0 Å². The third kappa shape index (κ3) is 5.49. The van der Waals surface area contributed by atoms with E-state index in [9.17, 15) is 9.59 Å². The Kier molecular flexibility index (Phi) is 6.93. The Morgan fingerprint density at radius 3 is 2.46 bits per heavy atom. The molecular formula is C22H26ClN3O2. The number of rotatable bonds is 6. The molecule has 0 saturated heterocycles. The molecule has 0 spiro atoms. The first-order chi connectivity index (χ1) is 13.5. The van der Waals surface area contributed by atoms with Gasteiger partial charge in [0.05, 0.1) is 6.54 Å². The molecule has 1 aliphatic rings. The van der Waals surface area contributed by atoms with Crippen LogP contribution in [0.1, 0.15) is 48.0 Å². The van der Waals surface area contributed by atoms with Gasteiger partial charge in [-0.1, -0.05) is 36.9 Å². The quantitative estimate of drug-likeness (QED) is 0.655. The molecule has 1 saturated carbocycles. The molecule has 2 amide bonds. The molecule has 1 aliphatic carbocycles. The van der Waals surface area contributed by atoms with Gasteiger partial charge in [0.2, 0.25) is 5.91 Å². The summed E-state index contributed by atoms with van der Waals surface area (Å²) in [5, 5.41) is 9.64. The highest BCUT2D eigenvalue weighted by Gasteiger charge is 2.16. The fourth-order valence-corrected chi connectivity index (χ4v) is 3.55. The molecule has 0 unspecified atom stereocenters. The summed E-state index contributed by atoms with van der Waals surface area (Å²) in [6, 6.07) is 12.9. The average molecular weight is 400 g/mol. The van der Waals surface area contributed by atoms with Gasteiger partial charge >= 0.3 is 0 Å².